The smallest absolute Gasteiger partial charge is 0.315 e. The Balaban J connectivity index is 2.18. The molecule has 0 bridgehead atoms. The van der Waals surface area contributed by atoms with Gasteiger partial charge in [0.2, 0.25) is 5.91 Å². The fourth-order valence-electron chi connectivity index (χ4n) is 1.30. The molecule has 0 aliphatic heterocycles. The molecule has 0 radical (unpaired) electrons. The quantitative estimate of drug-likeness (QED) is 0.583. The van der Waals surface area contributed by atoms with Crippen molar-refractivity contribution in [3.05, 3.63) is 30.1 Å². The van der Waals surface area contributed by atoms with Gasteiger partial charge >= 0.3 is 5.97 Å². The fourth-order valence-corrected chi connectivity index (χ4v) is 1.30. The summed E-state index contributed by atoms with van der Waals surface area (Å²) in [6.07, 6.45) is 3.91. The fraction of sp³-hybridized carbons (Fsp3) is 0.417. The van der Waals surface area contributed by atoms with Gasteiger partial charge in [-0.3, -0.25) is 14.6 Å². The zero-order valence-corrected chi connectivity index (χ0v) is 9.81. The third-order valence-electron chi connectivity index (χ3n) is 2.10. The van der Waals surface area contributed by atoms with Crippen molar-refractivity contribution in [1.29, 1.82) is 0 Å². The molecular weight excluding hydrogens is 220 g/mol. The van der Waals surface area contributed by atoms with E-state index in [0.29, 0.717) is 13.2 Å². The molecule has 0 aliphatic carbocycles. The maximum Gasteiger partial charge on any atom is 0.315 e. The van der Waals surface area contributed by atoms with E-state index in [1.807, 2.05) is 12.1 Å². The highest BCUT2D eigenvalue weighted by Gasteiger charge is 2.08. The summed E-state index contributed by atoms with van der Waals surface area (Å²) in [6.45, 7) is 2.50. The highest BCUT2D eigenvalue weighted by Crippen LogP contribution is 1.96. The van der Waals surface area contributed by atoms with Crippen LogP contribution in [0.15, 0.2) is 24.5 Å². The maximum absolute atomic E-state index is 11.3. The number of hydrogen-bond donors (Lipinski definition) is 1. The SMILES string of the molecule is CCOC(=O)CC(=O)NCCc1ccncc1. The molecule has 0 unspecified atom stereocenters. The van der Waals surface area contributed by atoms with Crippen molar-refractivity contribution in [1.82, 2.24) is 10.3 Å². The Hall–Kier alpha value is -1.91. The van der Waals surface area contributed by atoms with Gasteiger partial charge in [0.25, 0.3) is 0 Å². The van der Waals surface area contributed by atoms with Gasteiger partial charge in [0.05, 0.1) is 6.61 Å². The third kappa shape index (κ3) is 5.65. The summed E-state index contributed by atoms with van der Waals surface area (Å²) >= 11 is 0. The number of aromatic nitrogens is 1. The number of carbonyl (C=O) groups is 2. The van der Waals surface area contributed by atoms with E-state index >= 15 is 0 Å². The van der Waals surface area contributed by atoms with Gasteiger partial charge in [-0.05, 0) is 31.0 Å². The van der Waals surface area contributed by atoms with E-state index in [1.165, 1.54) is 0 Å². The number of esters is 1. The first-order valence-corrected chi connectivity index (χ1v) is 5.53. The number of carbonyl (C=O) groups excluding carboxylic acids is 2. The minimum atomic E-state index is -0.492. The lowest BCUT2D eigenvalue weighted by atomic mass is 10.2. The number of amides is 1. The van der Waals surface area contributed by atoms with E-state index in [1.54, 1.807) is 19.3 Å². The van der Waals surface area contributed by atoms with Crippen LogP contribution in [0.25, 0.3) is 0 Å². The molecule has 0 aromatic carbocycles. The van der Waals surface area contributed by atoms with Crippen molar-refractivity contribution < 1.29 is 14.3 Å². The molecule has 1 rings (SSSR count). The van der Waals surface area contributed by atoms with Crippen LogP contribution < -0.4 is 5.32 Å². The van der Waals surface area contributed by atoms with Gasteiger partial charge in [0.1, 0.15) is 6.42 Å². The predicted octanol–water partition coefficient (Wildman–Crippen LogP) is 0.693. The third-order valence-corrected chi connectivity index (χ3v) is 2.10. The highest BCUT2D eigenvalue weighted by molar-refractivity contribution is 5.94. The number of rotatable bonds is 6. The molecule has 1 aromatic heterocycles. The van der Waals surface area contributed by atoms with Crippen LogP contribution in [0, 0.1) is 0 Å². The Bertz CT molecular complexity index is 365. The zero-order valence-electron chi connectivity index (χ0n) is 9.81. The highest BCUT2D eigenvalue weighted by atomic mass is 16.5. The van der Waals surface area contributed by atoms with Crippen LogP contribution in [0.3, 0.4) is 0 Å². The Morgan fingerprint density at radius 2 is 2.06 bits per heavy atom. The molecule has 1 aromatic rings. The molecule has 1 amide bonds. The van der Waals surface area contributed by atoms with Gasteiger partial charge < -0.3 is 10.1 Å². The summed E-state index contributed by atoms with van der Waals surface area (Å²) < 4.78 is 4.67. The van der Waals surface area contributed by atoms with E-state index in [4.69, 9.17) is 0 Å². The molecule has 0 aliphatic rings. The van der Waals surface area contributed by atoms with Gasteiger partial charge in [0.15, 0.2) is 0 Å². The second-order valence-electron chi connectivity index (χ2n) is 3.44. The Morgan fingerprint density at radius 1 is 1.35 bits per heavy atom. The van der Waals surface area contributed by atoms with Crippen molar-refractivity contribution in [2.24, 2.45) is 0 Å². The summed E-state index contributed by atoms with van der Waals surface area (Å²) in [6, 6.07) is 3.77. The van der Waals surface area contributed by atoms with Crippen LogP contribution in [0.5, 0.6) is 0 Å². The lowest BCUT2D eigenvalue weighted by Gasteiger charge is -2.05. The van der Waals surface area contributed by atoms with E-state index in [9.17, 15) is 9.59 Å². The molecule has 0 fully saturated rings. The van der Waals surface area contributed by atoms with E-state index in [0.717, 1.165) is 12.0 Å². The topological polar surface area (TPSA) is 68.3 Å². The van der Waals surface area contributed by atoms with Crippen LogP contribution in [-0.4, -0.2) is 30.0 Å². The monoisotopic (exact) mass is 236 g/mol. The average Bonchev–Trinajstić information content (AvgIpc) is 2.30. The summed E-state index contributed by atoms with van der Waals surface area (Å²) in [4.78, 5) is 26.2. The minimum absolute atomic E-state index is 0.218. The summed E-state index contributed by atoms with van der Waals surface area (Å²) in [5, 5.41) is 2.66. The van der Waals surface area contributed by atoms with Crippen molar-refractivity contribution >= 4 is 11.9 Å². The summed E-state index contributed by atoms with van der Waals surface area (Å²) in [5.41, 5.74) is 1.09. The lowest BCUT2D eigenvalue weighted by Crippen LogP contribution is -2.28. The number of nitrogens with zero attached hydrogens (tertiary/aromatic N) is 1. The van der Waals surface area contributed by atoms with Gasteiger partial charge in [-0.25, -0.2) is 0 Å². The Kier molecular flexibility index (Phi) is 5.71. The van der Waals surface area contributed by atoms with E-state index in [-0.39, 0.29) is 12.3 Å². The van der Waals surface area contributed by atoms with Gasteiger partial charge in [-0.2, -0.15) is 0 Å². The zero-order chi connectivity index (χ0) is 12.5. The molecule has 17 heavy (non-hydrogen) atoms. The standard InChI is InChI=1S/C12H16N2O3/c1-2-17-12(16)9-11(15)14-8-5-10-3-6-13-7-4-10/h3-4,6-7H,2,5,8-9H2,1H3,(H,14,15). The molecule has 1 N–H and O–H groups in total. The first-order chi connectivity index (χ1) is 8.22. The predicted molar refractivity (Wildman–Crippen MR) is 62.2 cm³/mol. The van der Waals surface area contributed by atoms with Gasteiger partial charge in [-0.15, -0.1) is 0 Å². The van der Waals surface area contributed by atoms with Gasteiger partial charge in [0, 0.05) is 18.9 Å². The Labute approximate surface area is 100 Å². The molecule has 5 nitrogen and oxygen atoms in total. The summed E-state index contributed by atoms with van der Waals surface area (Å²) in [5.74, 6) is -0.800. The molecule has 0 saturated heterocycles. The normalized spacial score (nSPS) is 9.71. The average molecular weight is 236 g/mol. The van der Waals surface area contributed by atoms with Crippen molar-refractivity contribution in [3.63, 3.8) is 0 Å². The molecule has 0 spiro atoms. The molecule has 92 valence electrons. The minimum Gasteiger partial charge on any atom is -0.466 e. The van der Waals surface area contributed by atoms with Crippen molar-refractivity contribution in [3.8, 4) is 0 Å². The largest absolute Gasteiger partial charge is 0.466 e. The lowest BCUT2D eigenvalue weighted by molar-refractivity contribution is -0.145. The van der Waals surface area contributed by atoms with Crippen LogP contribution in [0.2, 0.25) is 0 Å². The second-order valence-corrected chi connectivity index (χ2v) is 3.44. The maximum atomic E-state index is 11.3. The second kappa shape index (κ2) is 7.38. The van der Waals surface area contributed by atoms with Crippen LogP contribution >= 0.6 is 0 Å². The van der Waals surface area contributed by atoms with Crippen LogP contribution in [0.1, 0.15) is 18.9 Å². The molecule has 0 saturated carbocycles. The molecule has 0 atom stereocenters. The number of pyridine rings is 1. The number of ether oxygens (including phenoxy) is 1. The molecular formula is C12H16N2O3. The first kappa shape index (κ1) is 13.2. The first-order valence-electron chi connectivity index (χ1n) is 5.53. The summed E-state index contributed by atoms with van der Waals surface area (Å²) in [7, 11) is 0. The number of hydrogen-bond acceptors (Lipinski definition) is 4. The van der Waals surface area contributed by atoms with Crippen molar-refractivity contribution in [2.45, 2.75) is 19.8 Å². The van der Waals surface area contributed by atoms with Crippen molar-refractivity contribution in [2.75, 3.05) is 13.2 Å². The molecule has 5 heteroatoms. The Morgan fingerprint density at radius 3 is 2.71 bits per heavy atom. The van der Waals surface area contributed by atoms with E-state index in [2.05, 4.69) is 15.0 Å². The number of nitrogens with one attached hydrogen (secondary N) is 1. The van der Waals surface area contributed by atoms with Crippen LogP contribution in [0.4, 0.5) is 0 Å². The molecule has 1 heterocycles. The van der Waals surface area contributed by atoms with Crippen LogP contribution in [-0.2, 0) is 20.7 Å². The van der Waals surface area contributed by atoms with Gasteiger partial charge in [-0.1, -0.05) is 0 Å². The van der Waals surface area contributed by atoms with E-state index < -0.39 is 5.97 Å².